The minimum atomic E-state index is -0.780. The van der Waals surface area contributed by atoms with Crippen LogP contribution in [0, 0.1) is 18.3 Å². The predicted molar refractivity (Wildman–Crippen MR) is 82.5 cm³/mol. The first-order valence-corrected chi connectivity index (χ1v) is 6.94. The third-order valence-corrected chi connectivity index (χ3v) is 3.54. The molecule has 0 spiro atoms. The number of amides is 1. The van der Waals surface area contributed by atoms with E-state index in [-0.39, 0.29) is 11.9 Å². The number of nitrogens with zero attached hydrogens (tertiary/aromatic N) is 1. The predicted octanol–water partition coefficient (Wildman–Crippen LogP) is 3.48. The average Bonchev–Trinajstić information content (AvgIpc) is 2.49. The molecule has 2 aromatic rings. The molecule has 0 bridgehead atoms. The Bertz CT molecular complexity index is 658. The summed E-state index contributed by atoms with van der Waals surface area (Å²) in [7, 11) is 0. The molecule has 0 heterocycles. The zero-order chi connectivity index (χ0) is 15.2. The number of carbonyl (C=O) groups excluding carboxylic acids is 1. The lowest BCUT2D eigenvalue weighted by Gasteiger charge is -2.18. The number of carbonyl (C=O) groups is 1. The van der Waals surface area contributed by atoms with E-state index in [1.54, 1.807) is 12.1 Å². The van der Waals surface area contributed by atoms with Crippen LogP contribution in [0.2, 0.25) is 0 Å². The summed E-state index contributed by atoms with van der Waals surface area (Å²) in [6, 6.07) is 19.0. The highest BCUT2D eigenvalue weighted by atomic mass is 16.1. The van der Waals surface area contributed by atoms with Gasteiger partial charge in [0.15, 0.2) is 0 Å². The summed E-state index contributed by atoms with van der Waals surface area (Å²) < 4.78 is 0. The van der Waals surface area contributed by atoms with Gasteiger partial charge in [0, 0.05) is 0 Å². The quantitative estimate of drug-likeness (QED) is 0.930. The number of benzene rings is 2. The van der Waals surface area contributed by atoms with E-state index in [4.69, 9.17) is 0 Å². The van der Waals surface area contributed by atoms with Crippen LogP contribution < -0.4 is 5.32 Å². The van der Waals surface area contributed by atoms with Crippen molar-refractivity contribution in [3.8, 4) is 6.07 Å². The lowest BCUT2D eigenvalue weighted by molar-refractivity contribution is -0.122. The minimum absolute atomic E-state index is 0.127. The number of hydrogen-bond acceptors (Lipinski definition) is 2. The number of rotatable bonds is 4. The SMILES string of the molecule is Cc1ccccc1C(C)NC(=O)C(C#N)c1ccccc1. The molecular weight excluding hydrogens is 260 g/mol. The monoisotopic (exact) mass is 278 g/mol. The second-order valence-corrected chi connectivity index (χ2v) is 5.06. The molecule has 2 rings (SSSR count). The molecule has 0 aliphatic heterocycles. The zero-order valence-corrected chi connectivity index (χ0v) is 12.2. The first kappa shape index (κ1) is 14.8. The molecule has 3 nitrogen and oxygen atoms in total. The molecule has 0 fully saturated rings. The van der Waals surface area contributed by atoms with Gasteiger partial charge in [-0.25, -0.2) is 0 Å². The molecule has 0 radical (unpaired) electrons. The number of nitrogens with one attached hydrogen (secondary N) is 1. The van der Waals surface area contributed by atoms with E-state index in [0.717, 1.165) is 16.7 Å². The molecular formula is C18H18N2O. The van der Waals surface area contributed by atoms with E-state index < -0.39 is 5.92 Å². The van der Waals surface area contributed by atoms with Crippen LogP contribution >= 0.6 is 0 Å². The zero-order valence-electron chi connectivity index (χ0n) is 12.2. The van der Waals surface area contributed by atoms with Crippen molar-refractivity contribution < 1.29 is 4.79 Å². The average molecular weight is 278 g/mol. The maximum Gasteiger partial charge on any atom is 0.242 e. The number of aryl methyl sites for hydroxylation is 1. The Kier molecular flexibility index (Phi) is 4.73. The van der Waals surface area contributed by atoms with Gasteiger partial charge in [-0.3, -0.25) is 4.79 Å². The van der Waals surface area contributed by atoms with Gasteiger partial charge < -0.3 is 5.32 Å². The summed E-state index contributed by atoms with van der Waals surface area (Å²) in [5.74, 6) is -1.04. The van der Waals surface area contributed by atoms with Crippen molar-refractivity contribution in [1.82, 2.24) is 5.32 Å². The highest BCUT2D eigenvalue weighted by Crippen LogP contribution is 2.20. The van der Waals surface area contributed by atoms with E-state index in [9.17, 15) is 10.1 Å². The van der Waals surface area contributed by atoms with Crippen molar-refractivity contribution in [2.24, 2.45) is 0 Å². The lowest BCUT2D eigenvalue weighted by Crippen LogP contribution is -2.31. The molecule has 1 N–H and O–H groups in total. The highest BCUT2D eigenvalue weighted by molar-refractivity contribution is 5.86. The summed E-state index contributed by atoms with van der Waals surface area (Å²) in [6.45, 7) is 3.94. The summed E-state index contributed by atoms with van der Waals surface area (Å²) >= 11 is 0. The number of hydrogen-bond donors (Lipinski definition) is 1. The fraction of sp³-hybridized carbons (Fsp3) is 0.222. The Morgan fingerprint density at radius 2 is 1.71 bits per heavy atom. The third-order valence-electron chi connectivity index (χ3n) is 3.54. The molecule has 21 heavy (non-hydrogen) atoms. The van der Waals surface area contributed by atoms with Gasteiger partial charge in [-0.1, -0.05) is 54.6 Å². The van der Waals surface area contributed by atoms with Gasteiger partial charge in [0.1, 0.15) is 5.92 Å². The van der Waals surface area contributed by atoms with E-state index in [2.05, 4.69) is 11.4 Å². The minimum Gasteiger partial charge on any atom is -0.348 e. The molecule has 0 saturated carbocycles. The first-order valence-electron chi connectivity index (χ1n) is 6.94. The summed E-state index contributed by atoms with van der Waals surface area (Å²) in [5, 5.41) is 12.2. The smallest absolute Gasteiger partial charge is 0.242 e. The second kappa shape index (κ2) is 6.71. The molecule has 106 valence electrons. The topological polar surface area (TPSA) is 52.9 Å². The molecule has 1 amide bonds. The lowest BCUT2D eigenvalue weighted by atomic mass is 9.98. The Morgan fingerprint density at radius 1 is 1.10 bits per heavy atom. The van der Waals surface area contributed by atoms with Crippen LogP contribution in [-0.4, -0.2) is 5.91 Å². The van der Waals surface area contributed by atoms with Gasteiger partial charge in [0.25, 0.3) is 0 Å². The molecule has 3 heteroatoms. The Labute approximate surface area is 125 Å². The van der Waals surface area contributed by atoms with Crippen LogP contribution in [0.25, 0.3) is 0 Å². The maximum atomic E-state index is 12.3. The van der Waals surface area contributed by atoms with E-state index in [1.807, 2.05) is 56.3 Å². The van der Waals surface area contributed by atoms with Gasteiger partial charge in [0.2, 0.25) is 5.91 Å². The maximum absolute atomic E-state index is 12.3. The molecule has 0 aliphatic carbocycles. The molecule has 0 saturated heterocycles. The largest absolute Gasteiger partial charge is 0.348 e. The normalized spacial score (nSPS) is 13.0. The fourth-order valence-electron chi connectivity index (χ4n) is 2.38. The Morgan fingerprint density at radius 3 is 2.33 bits per heavy atom. The molecule has 2 unspecified atom stereocenters. The van der Waals surface area contributed by atoms with Crippen molar-refractivity contribution in [3.63, 3.8) is 0 Å². The van der Waals surface area contributed by atoms with Gasteiger partial charge in [-0.05, 0) is 30.5 Å². The first-order chi connectivity index (χ1) is 10.1. The second-order valence-electron chi connectivity index (χ2n) is 5.06. The third kappa shape index (κ3) is 3.49. The van der Waals surface area contributed by atoms with Gasteiger partial charge in [-0.15, -0.1) is 0 Å². The van der Waals surface area contributed by atoms with Crippen LogP contribution in [-0.2, 0) is 4.79 Å². The van der Waals surface area contributed by atoms with Crippen LogP contribution in [0.15, 0.2) is 54.6 Å². The van der Waals surface area contributed by atoms with E-state index in [0.29, 0.717) is 0 Å². The molecule has 2 aromatic carbocycles. The Hall–Kier alpha value is -2.60. The summed E-state index contributed by atoms with van der Waals surface area (Å²) in [4.78, 5) is 12.3. The summed E-state index contributed by atoms with van der Waals surface area (Å²) in [6.07, 6.45) is 0. The fourth-order valence-corrected chi connectivity index (χ4v) is 2.38. The number of nitriles is 1. The van der Waals surface area contributed by atoms with Crippen molar-refractivity contribution in [1.29, 1.82) is 5.26 Å². The van der Waals surface area contributed by atoms with Crippen LogP contribution in [0.5, 0.6) is 0 Å². The van der Waals surface area contributed by atoms with Crippen molar-refractivity contribution in [2.75, 3.05) is 0 Å². The van der Waals surface area contributed by atoms with Crippen molar-refractivity contribution in [2.45, 2.75) is 25.8 Å². The van der Waals surface area contributed by atoms with E-state index in [1.165, 1.54) is 0 Å². The van der Waals surface area contributed by atoms with Crippen LogP contribution in [0.3, 0.4) is 0 Å². The standard InChI is InChI=1S/C18H18N2O/c1-13-8-6-7-11-16(13)14(2)20-18(21)17(12-19)15-9-4-3-5-10-15/h3-11,14,17H,1-2H3,(H,20,21). The van der Waals surface area contributed by atoms with Crippen LogP contribution in [0.4, 0.5) is 0 Å². The van der Waals surface area contributed by atoms with Gasteiger partial charge in [-0.2, -0.15) is 5.26 Å². The van der Waals surface area contributed by atoms with Gasteiger partial charge >= 0.3 is 0 Å². The molecule has 0 aliphatic rings. The van der Waals surface area contributed by atoms with Crippen molar-refractivity contribution in [3.05, 3.63) is 71.3 Å². The van der Waals surface area contributed by atoms with E-state index >= 15 is 0 Å². The molecule has 0 aromatic heterocycles. The van der Waals surface area contributed by atoms with Gasteiger partial charge in [0.05, 0.1) is 12.1 Å². The Balaban J connectivity index is 2.14. The molecule has 2 atom stereocenters. The van der Waals surface area contributed by atoms with Crippen LogP contribution in [0.1, 0.15) is 35.6 Å². The summed E-state index contributed by atoms with van der Waals surface area (Å²) in [5.41, 5.74) is 2.91. The highest BCUT2D eigenvalue weighted by Gasteiger charge is 2.22. The van der Waals surface area contributed by atoms with Crippen molar-refractivity contribution >= 4 is 5.91 Å².